The largest absolute Gasteiger partial charge is 0.486 e. The summed E-state index contributed by atoms with van der Waals surface area (Å²) < 4.78 is 11.4. The SMILES string of the molecule is CCC(CO)N1CCN(Cc2cccc3c2OCCO3)CC1. The van der Waals surface area contributed by atoms with Crippen molar-refractivity contribution in [2.24, 2.45) is 0 Å². The van der Waals surface area contributed by atoms with E-state index in [1.165, 1.54) is 5.56 Å². The Morgan fingerprint density at radius 1 is 1.14 bits per heavy atom. The van der Waals surface area contributed by atoms with Gasteiger partial charge in [0.05, 0.1) is 6.61 Å². The summed E-state index contributed by atoms with van der Waals surface area (Å²) in [4.78, 5) is 4.85. The van der Waals surface area contributed by atoms with Gasteiger partial charge in [0.15, 0.2) is 11.5 Å². The van der Waals surface area contributed by atoms with Gasteiger partial charge in [-0.1, -0.05) is 19.1 Å². The first-order valence-electron chi connectivity index (χ1n) is 8.26. The Kier molecular flexibility index (Phi) is 5.18. The Balaban J connectivity index is 1.59. The van der Waals surface area contributed by atoms with Gasteiger partial charge in [-0.15, -0.1) is 0 Å². The molecule has 3 rings (SSSR count). The zero-order valence-corrected chi connectivity index (χ0v) is 13.3. The minimum absolute atomic E-state index is 0.258. The summed E-state index contributed by atoms with van der Waals surface area (Å²) in [5.41, 5.74) is 1.21. The monoisotopic (exact) mass is 306 g/mol. The highest BCUT2D eigenvalue weighted by atomic mass is 16.6. The van der Waals surface area contributed by atoms with Crippen LogP contribution in [-0.2, 0) is 6.54 Å². The third kappa shape index (κ3) is 3.37. The average molecular weight is 306 g/mol. The molecule has 0 spiro atoms. The molecular formula is C17H26N2O3. The van der Waals surface area contributed by atoms with Gasteiger partial charge in [-0.2, -0.15) is 0 Å². The maximum absolute atomic E-state index is 9.43. The van der Waals surface area contributed by atoms with Crippen molar-refractivity contribution in [2.45, 2.75) is 25.9 Å². The molecule has 0 amide bonds. The Labute approximate surface area is 132 Å². The molecule has 5 heteroatoms. The van der Waals surface area contributed by atoms with Crippen LogP contribution in [0.25, 0.3) is 0 Å². The minimum Gasteiger partial charge on any atom is -0.486 e. The highest BCUT2D eigenvalue weighted by molar-refractivity contribution is 5.47. The number of hydrogen-bond donors (Lipinski definition) is 1. The minimum atomic E-state index is 0.258. The summed E-state index contributed by atoms with van der Waals surface area (Å²) in [6, 6.07) is 6.45. The van der Waals surface area contributed by atoms with Crippen LogP contribution in [-0.4, -0.2) is 66.9 Å². The lowest BCUT2D eigenvalue weighted by Gasteiger charge is -2.38. The second-order valence-corrected chi connectivity index (χ2v) is 6.00. The molecule has 1 atom stereocenters. The quantitative estimate of drug-likeness (QED) is 0.889. The van der Waals surface area contributed by atoms with Crippen LogP contribution in [0.2, 0.25) is 0 Å². The van der Waals surface area contributed by atoms with Gasteiger partial charge in [-0.3, -0.25) is 9.80 Å². The first-order valence-corrected chi connectivity index (χ1v) is 8.26. The molecule has 0 aliphatic carbocycles. The molecule has 1 aromatic rings. The van der Waals surface area contributed by atoms with Gasteiger partial charge < -0.3 is 14.6 Å². The molecule has 1 aromatic carbocycles. The topological polar surface area (TPSA) is 45.2 Å². The molecule has 2 heterocycles. The first-order chi connectivity index (χ1) is 10.8. The van der Waals surface area contributed by atoms with E-state index in [0.29, 0.717) is 19.3 Å². The van der Waals surface area contributed by atoms with Crippen LogP contribution in [0.4, 0.5) is 0 Å². The van der Waals surface area contributed by atoms with E-state index in [1.54, 1.807) is 0 Å². The van der Waals surface area contributed by atoms with Gasteiger partial charge >= 0.3 is 0 Å². The van der Waals surface area contributed by atoms with Gasteiger partial charge in [-0.05, 0) is 12.5 Å². The standard InChI is InChI=1S/C17H26N2O3/c1-2-15(13-20)19-8-6-18(7-9-19)12-14-4-3-5-16-17(14)22-11-10-21-16/h3-5,15,20H,2,6-13H2,1H3. The second kappa shape index (κ2) is 7.31. The smallest absolute Gasteiger partial charge is 0.165 e. The maximum Gasteiger partial charge on any atom is 0.165 e. The number of hydrogen-bond acceptors (Lipinski definition) is 5. The number of fused-ring (bicyclic) bond motifs is 1. The summed E-state index contributed by atoms with van der Waals surface area (Å²) in [7, 11) is 0. The fourth-order valence-electron chi connectivity index (χ4n) is 3.29. The summed E-state index contributed by atoms with van der Waals surface area (Å²) in [5.74, 6) is 1.78. The van der Waals surface area contributed by atoms with Crippen molar-refractivity contribution in [1.29, 1.82) is 0 Å². The normalized spacial score (nSPS) is 20.8. The van der Waals surface area contributed by atoms with Crippen LogP contribution in [0.1, 0.15) is 18.9 Å². The predicted molar refractivity (Wildman–Crippen MR) is 85.4 cm³/mol. The lowest BCUT2D eigenvalue weighted by Crippen LogP contribution is -2.50. The Morgan fingerprint density at radius 2 is 1.91 bits per heavy atom. The Hall–Kier alpha value is -1.30. The van der Waals surface area contributed by atoms with Crippen LogP contribution >= 0.6 is 0 Å². The average Bonchev–Trinajstić information content (AvgIpc) is 2.58. The summed E-state index contributed by atoms with van der Waals surface area (Å²) in [6.07, 6.45) is 1.01. The highest BCUT2D eigenvalue weighted by Crippen LogP contribution is 2.34. The fraction of sp³-hybridized carbons (Fsp3) is 0.647. The molecule has 1 N–H and O–H groups in total. The number of nitrogens with zero attached hydrogens (tertiary/aromatic N) is 2. The lowest BCUT2D eigenvalue weighted by molar-refractivity contribution is 0.0601. The zero-order chi connectivity index (χ0) is 15.4. The fourth-order valence-corrected chi connectivity index (χ4v) is 3.29. The molecule has 1 unspecified atom stereocenters. The third-order valence-corrected chi connectivity index (χ3v) is 4.65. The van der Waals surface area contributed by atoms with Crippen LogP contribution in [0.3, 0.4) is 0 Å². The van der Waals surface area contributed by atoms with Gasteiger partial charge in [0.25, 0.3) is 0 Å². The Bertz CT molecular complexity index is 483. The number of ether oxygens (including phenoxy) is 2. The predicted octanol–water partition coefficient (Wildman–Crippen LogP) is 1.35. The molecule has 1 fully saturated rings. The molecule has 5 nitrogen and oxygen atoms in total. The summed E-state index contributed by atoms with van der Waals surface area (Å²) in [5, 5.41) is 9.43. The van der Waals surface area contributed by atoms with Crippen molar-refractivity contribution >= 4 is 0 Å². The number of aliphatic hydroxyl groups excluding tert-OH is 1. The van der Waals surface area contributed by atoms with E-state index >= 15 is 0 Å². The van der Waals surface area contributed by atoms with E-state index in [2.05, 4.69) is 22.8 Å². The molecule has 2 aliphatic rings. The molecule has 0 radical (unpaired) electrons. The van der Waals surface area contributed by atoms with Gasteiger partial charge in [-0.25, -0.2) is 0 Å². The number of aliphatic hydroxyl groups is 1. The van der Waals surface area contributed by atoms with Crippen molar-refractivity contribution in [3.63, 3.8) is 0 Å². The van der Waals surface area contributed by atoms with E-state index in [-0.39, 0.29) is 6.61 Å². The molecule has 2 aliphatic heterocycles. The maximum atomic E-state index is 9.43. The lowest BCUT2D eigenvalue weighted by atomic mass is 10.1. The summed E-state index contributed by atoms with van der Waals surface area (Å²) >= 11 is 0. The van der Waals surface area contributed by atoms with E-state index in [0.717, 1.165) is 50.6 Å². The third-order valence-electron chi connectivity index (χ3n) is 4.65. The van der Waals surface area contributed by atoms with Crippen molar-refractivity contribution in [3.8, 4) is 11.5 Å². The van der Waals surface area contributed by atoms with Gasteiger partial charge in [0.2, 0.25) is 0 Å². The highest BCUT2D eigenvalue weighted by Gasteiger charge is 2.24. The Morgan fingerprint density at radius 3 is 2.64 bits per heavy atom. The summed E-state index contributed by atoms with van der Waals surface area (Å²) in [6.45, 7) is 8.66. The number of para-hydroxylation sites is 1. The van der Waals surface area contributed by atoms with Crippen LogP contribution in [0.15, 0.2) is 18.2 Å². The van der Waals surface area contributed by atoms with Crippen molar-refractivity contribution in [3.05, 3.63) is 23.8 Å². The zero-order valence-electron chi connectivity index (χ0n) is 13.3. The van der Waals surface area contributed by atoms with Crippen molar-refractivity contribution < 1.29 is 14.6 Å². The second-order valence-electron chi connectivity index (χ2n) is 6.00. The van der Waals surface area contributed by atoms with Gasteiger partial charge in [0.1, 0.15) is 13.2 Å². The molecule has 0 bridgehead atoms. The molecular weight excluding hydrogens is 280 g/mol. The van der Waals surface area contributed by atoms with E-state index in [9.17, 15) is 5.11 Å². The molecule has 1 saturated heterocycles. The van der Waals surface area contributed by atoms with E-state index in [1.807, 2.05) is 12.1 Å². The van der Waals surface area contributed by atoms with Crippen molar-refractivity contribution in [1.82, 2.24) is 9.80 Å². The first kappa shape index (κ1) is 15.6. The molecule has 0 saturated carbocycles. The number of piperazine rings is 1. The van der Waals surface area contributed by atoms with Crippen molar-refractivity contribution in [2.75, 3.05) is 46.0 Å². The number of rotatable bonds is 5. The molecule has 0 aromatic heterocycles. The number of benzene rings is 1. The van der Waals surface area contributed by atoms with Gasteiger partial charge in [0, 0.05) is 44.3 Å². The molecule has 22 heavy (non-hydrogen) atoms. The van der Waals surface area contributed by atoms with Crippen LogP contribution < -0.4 is 9.47 Å². The van der Waals surface area contributed by atoms with Crippen LogP contribution in [0.5, 0.6) is 11.5 Å². The van der Waals surface area contributed by atoms with E-state index < -0.39 is 0 Å². The molecule has 122 valence electrons. The van der Waals surface area contributed by atoms with E-state index in [4.69, 9.17) is 9.47 Å². The van der Waals surface area contributed by atoms with Crippen LogP contribution in [0, 0.1) is 0 Å².